The highest BCUT2D eigenvalue weighted by molar-refractivity contribution is 7.93. The number of aromatic nitrogens is 1. The van der Waals surface area contributed by atoms with Crippen molar-refractivity contribution < 1.29 is 38.8 Å². The van der Waals surface area contributed by atoms with Crippen LogP contribution >= 0.6 is 11.3 Å². The molecule has 3 rings (SSSR count). The molecule has 0 aliphatic carbocycles. The Hall–Kier alpha value is -2.58. The molecule has 14 heteroatoms. The van der Waals surface area contributed by atoms with Gasteiger partial charge in [0.05, 0.1) is 27.3 Å². The lowest BCUT2D eigenvalue weighted by molar-refractivity contribution is -0.140. The van der Waals surface area contributed by atoms with Gasteiger partial charge in [-0.1, -0.05) is 17.4 Å². The Kier molecular flexibility index (Phi) is 6.58. The Balaban J connectivity index is 1.72. The third-order valence-corrected chi connectivity index (χ3v) is 8.11. The zero-order chi connectivity index (χ0) is 23.7. The maximum absolute atomic E-state index is 13.6. The van der Waals surface area contributed by atoms with Gasteiger partial charge < -0.3 is 0 Å². The van der Waals surface area contributed by atoms with Gasteiger partial charge in [0.1, 0.15) is 5.82 Å². The molecule has 172 valence electrons. The number of hydrogen-bond donors (Lipinski definition) is 1. The van der Waals surface area contributed by atoms with Gasteiger partial charge in [-0.15, -0.1) is 0 Å². The maximum atomic E-state index is 13.6. The largest absolute Gasteiger partial charge is 0.419 e. The minimum absolute atomic E-state index is 0.0538. The molecule has 0 spiro atoms. The molecule has 0 fully saturated rings. The fourth-order valence-electron chi connectivity index (χ4n) is 2.62. The molecule has 3 aromatic rings. The Morgan fingerprint density at radius 3 is 2.09 bits per heavy atom. The van der Waals surface area contributed by atoms with Crippen molar-refractivity contribution in [2.24, 2.45) is 0 Å². The first-order valence-corrected chi connectivity index (χ1v) is 12.6. The van der Waals surface area contributed by atoms with E-state index in [-0.39, 0.29) is 26.9 Å². The van der Waals surface area contributed by atoms with Crippen LogP contribution in [0.4, 0.5) is 27.1 Å². The van der Waals surface area contributed by atoms with Crippen LogP contribution in [0.5, 0.6) is 0 Å². The predicted molar refractivity (Wildman–Crippen MR) is 106 cm³/mol. The molecule has 0 bridgehead atoms. The summed E-state index contributed by atoms with van der Waals surface area (Å²) in [5.74, 6) is -2.05. The molecule has 2 aromatic carbocycles. The molecule has 32 heavy (non-hydrogen) atoms. The number of halogens is 5. The third-order valence-electron chi connectivity index (χ3n) is 4.19. The van der Waals surface area contributed by atoms with Crippen molar-refractivity contribution in [2.75, 3.05) is 10.5 Å². The van der Waals surface area contributed by atoms with Crippen LogP contribution in [0.15, 0.2) is 58.5 Å². The summed E-state index contributed by atoms with van der Waals surface area (Å²) in [6.07, 6.45) is -4.28. The van der Waals surface area contributed by atoms with Crippen LogP contribution in [0.25, 0.3) is 0 Å². The van der Waals surface area contributed by atoms with Crippen LogP contribution in [-0.2, 0) is 32.5 Å². The monoisotopic (exact) mass is 512 g/mol. The van der Waals surface area contributed by atoms with Crippen molar-refractivity contribution in [1.82, 2.24) is 4.98 Å². The van der Waals surface area contributed by atoms with Crippen molar-refractivity contribution in [3.8, 4) is 0 Å². The first kappa shape index (κ1) is 24.1. The van der Waals surface area contributed by atoms with E-state index in [2.05, 4.69) is 9.71 Å². The minimum Gasteiger partial charge on any atom is -0.255 e. The highest BCUT2D eigenvalue weighted by atomic mass is 32.2. The van der Waals surface area contributed by atoms with Crippen LogP contribution in [0.3, 0.4) is 0 Å². The topological polar surface area (TPSA) is 93.2 Å². The average Bonchev–Trinajstić information content (AvgIpc) is 3.09. The third kappa shape index (κ3) is 5.61. The van der Waals surface area contributed by atoms with Gasteiger partial charge in [-0.25, -0.2) is 26.2 Å². The van der Waals surface area contributed by atoms with Crippen molar-refractivity contribution >= 4 is 36.3 Å². The van der Waals surface area contributed by atoms with Gasteiger partial charge in [0.2, 0.25) is 0 Å². The standard InChI is InChI=1S/C18H13F5N2O4S3/c19-15-9-11(1-6-14(15)18(21,22)23)7-8-31(26,27)12-2-4-13(5-3-12)32(28,29)25-17-24-10-16(20)30-17/h1-6,9-10H,7-8H2,(H,24,25). The first-order chi connectivity index (χ1) is 14.8. The number of nitrogens with zero attached hydrogens (tertiary/aromatic N) is 1. The fourth-order valence-corrected chi connectivity index (χ4v) is 5.69. The highest BCUT2D eigenvalue weighted by Crippen LogP contribution is 2.31. The van der Waals surface area contributed by atoms with E-state index < -0.39 is 48.3 Å². The number of alkyl halides is 3. The molecule has 0 radical (unpaired) electrons. The summed E-state index contributed by atoms with van der Waals surface area (Å²) in [5, 5.41) is -0.903. The Morgan fingerprint density at radius 2 is 1.56 bits per heavy atom. The smallest absolute Gasteiger partial charge is 0.255 e. The molecule has 1 heterocycles. The molecule has 0 aliphatic heterocycles. The quantitative estimate of drug-likeness (QED) is 0.478. The van der Waals surface area contributed by atoms with Crippen LogP contribution < -0.4 is 4.72 Å². The van der Waals surface area contributed by atoms with Crippen LogP contribution in [0.2, 0.25) is 0 Å². The molecule has 0 saturated heterocycles. The fraction of sp³-hybridized carbons (Fsp3) is 0.167. The molecule has 0 unspecified atom stereocenters. The first-order valence-electron chi connectivity index (χ1n) is 8.60. The van der Waals surface area contributed by atoms with E-state index in [0.717, 1.165) is 36.5 Å². The van der Waals surface area contributed by atoms with Crippen LogP contribution in [0.1, 0.15) is 11.1 Å². The SMILES string of the molecule is O=S(=O)(CCc1ccc(C(F)(F)F)c(F)c1)c1ccc(S(=O)(=O)Nc2ncc(F)s2)cc1. The Labute approximate surface area is 183 Å². The average molecular weight is 513 g/mol. The zero-order valence-electron chi connectivity index (χ0n) is 15.7. The Bertz CT molecular complexity index is 1340. The number of sulfone groups is 1. The second kappa shape index (κ2) is 8.75. The van der Waals surface area contributed by atoms with Crippen LogP contribution in [0, 0.1) is 10.9 Å². The molecule has 0 aliphatic rings. The second-order valence-corrected chi connectivity index (χ2v) is 11.2. The zero-order valence-corrected chi connectivity index (χ0v) is 18.2. The summed E-state index contributed by atoms with van der Waals surface area (Å²) in [7, 11) is -8.08. The number of rotatable bonds is 7. The normalized spacial score (nSPS) is 12.7. The summed E-state index contributed by atoms with van der Waals surface area (Å²) in [6, 6.07) is 6.29. The number of hydrogen-bond acceptors (Lipinski definition) is 6. The number of anilines is 1. The van der Waals surface area contributed by atoms with E-state index in [9.17, 15) is 38.8 Å². The van der Waals surface area contributed by atoms with Crippen molar-refractivity contribution in [3.05, 3.63) is 70.7 Å². The minimum atomic E-state index is -4.86. The predicted octanol–water partition coefficient (Wildman–Crippen LogP) is 4.26. The van der Waals surface area contributed by atoms with Crippen molar-refractivity contribution in [3.63, 3.8) is 0 Å². The van der Waals surface area contributed by atoms with Gasteiger partial charge in [-0.2, -0.15) is 17.6 Å². The number of nitrogens with one attached hydrogen (secondary N) is 1. The van der Waals surface area contributed by atoms with Gasteiger partial charge in [0.15, 0.2) is 20.1 Å². The Morgan fingerprint density at radius 1 is 0.938 bits per heavy atom. The summed E-state index contributed by atoms with van der Waals surface area (Å²) in [5.41, 5.74) is -1.40. The molecule has 0 amide bonds. The summed E-state index contributed by atoms with van der Waals surface area (Å²) < 4.78 is 116. The van der Waals surface area contributed by atoms with E-state index in [4.69, 9.17) is 0 Å². The number of sulfonamides is 1. The number of benzene rings is 2. The summed E-state index contributed by atoms with van der Waals surface area (Å²) in [4.78, 5) is 3.00. The number of aryl methyl sites for hydroxylation is 1. The van der Waals surface area contributed by atoms with Gasteiger partial charge >= 0.3 is 6.18 Å². The van der Waals surface area contributed by atoms with Gasteiger partial charge in [0.25, 0.3) is 10.0 Å². The van der Waals surface area contributed by atoms with E-state index in [1.165, 1.54) is 0 Å². The lowest BCUT2D eigenvalue weighted by atomic mass is 10.1. The van der Waals surface area contributed by atoms with Crippen molar-refractivity contribution in [2.45, 2.75) is 22.4 Å². The van der Waals surface area contributed by atoms with Crippen LogP contribution in [-0.4, -0.2) is 27.6 Å². The molecule has 0 atom stereocenters. The van der Waals surface area contributed by atoms with Gasteiger partial charge in [0, 0.05) is 0 Å². The molecular weight excluding hydrogens is 499 g/mol. The van der Waals surface area contributed by atoms with E-state index in [1.807, 2.05) is 0 Å². The summed E-state index contributed by atoms with van der Waals surface area (Å²) in [6.45, 7) is 0. The van der Waals surface area contributed by atoms with E-state index >= 15 is 0 Å². The summed E-state index contributed by atoms with van der Waals surface area (Å²) >= 11 is 0.471. The molecule has 6 nitrogen and oxygen atoms in total. The lowest BCUT2D eigenvalue weighted by Gasteiger charge is -2.10. The van der Waals surface area contributed by atoms with E-state index in [0.29, 0.717) is 23.5 Å². The molecular formula is C18H13F5N2O4S3. The van der Waals surface area contributed by atoms with E-state index in [1.54, 1.807) is 0 Å². The molecule has 1 aromatic heterocycles. The van der Waals surface area contributed by atoms with Gasteiger partial charge in [-0.05, 0) is 48.4 Å². The van der Waals surface area contributed by atoms with Gasteiger partial charge in [-0.3, -0.25) is 4.72 Å². The maximum Gasteiger partial charge on any atom is 0.419 e. The molecule has 1 N–H and O–H groups in total. The number of thiazole rings is 1. The molecule has 0 saturated carbocycles. The lowest BCUT2D eigenvalue weighted by Crippen LogP contribution is -2.14. The van der Waals surface area contributed by atoms with Crippen molar-refractivity contribution in [1.29, 1.82) is 0 Å². The second-order valence-electron chi connectivity index (χ2n) is 6.43. The highest BCUT2D eigenvalue weighted by Gasteiger charge is 2.34.